The lowest BCUT2D eigenvalue weighted by Crippen LogP contribution is -2.14. The van der Waals surface area contributed by atoms with Crippen LogP contribution in [0.3, 0.4) is 0 Å². The molecule has 0 unspecified atom stereocenters. The van der Waals surface area contributed by atoms with Gasteiger partial charge in [-0.05, 0) is 107 Å². The lowest BCUT2D eigenvalue weighted by molar-refractivity contribution is 0.660. The molecular weight excluding hydrogens is 661 g/mol. The molecule has 0 atom stereocenters. The minimum atomic E-state index is -0.0648. The monoisotopic (exact) mass is 692 g/mol. The first-order valence-corrected chi connectivity index (χ1v) is 19.2. The Kier molecular flexibility index (Phi) is 5.78. The van der Waals surface area contributed by atoms with E-state index >= 15 is 0 Å². The molecule has 0 saturated heterocycles. The van der Waals surface area contributed by atoms with E-state index in [2.05, 4.69) is 172 Å². The van der Waals surface area contributed by atoms with Crippen LogP contribution < -0.4 is 0 Å². The number of fused-ring (bicyclic) bond motifs is 14. The molecule has 0 amide bonds. The fourth-order valence-corrected chi connectivity index (χ4v) is 10.8. The Hall–Kier alpha value is -6.22. The lowest BCUT2D eigenvalue weighted by atomic mass is 9.80. The van der Waals surface area contributed by atoms with E-state index in [9.17, 15) is 0 Å². The van der Waals surface area contributed by atoms with E-state index in [1.54, 1.807) is 0 Å². The molecule has 2 aromatic heterocycles. The Morgan fingerprint density at radius 2 is 1.04 bits per heavy atom. The smallest absolute Gasteiger partial charge is 0.153 e. The molecule has 248 valence electrons. The van der Waals surface area contributed by atoms with Gasteiger partial charge in [-0.3, -0.25) is 0 Å². The third-order valence-corrected chi connectivity index (χ3v) is 13.2. The second-order valence-electron chi connectivity index (χ2n) is 15.2. The van der Waals surface area contributed by atoms with Gasteiger partial charge in [-0.25, -0.2) is 0 Å². The van der Waals surface area contributed by atoms with E-state index in [4.69, 9.17) is 4.42 Å². The van der Waals surface area contributed by atoms with Crippen LogP contribution in [0.25, 0.3) is 108 Å². The Morgan fingerprint density at radius 1 is 0.453 bits per heavy atom. The summed E-state index contributed by atoms with van der Waals surface area (Å²) in [6, 6.07) is 58.5. The van der Waals surface area contributed by atoms with Crippen LogP contribution in [0.2, 0.25) is 0 Å². The second-order valence-corrected chi connectivity index (χ2v) is 16.2. The van der Waals surface area contributed by atoms with E-state index in [1.165, 1.54) is 102 Å². The fourth-order valence-electron chi connectivity index (χ4n) is 9.60. The van der Waals surface area contributed by atoms with Crippen molar-refractivity contribution < 1.29 is 4.42 Å². The largest absolute Gasteiger partial charge is 0.455 e. The van der Waals surface area contributed by atoms with Gasteiger partial charge in [0, 0.05) is 31.7 Å². The third kappa shape index (κ3) is 3.91. The molecule has 11 aromatic rings. The van der Waals surface area contributed by atoms with Crippen molar-refractivity contribution in [2.75, 3.05) is 0 Å². The maximum Gasteiger partial charge on any atom is 0.153 e. The minimum Gasteiger partial charge on any atom is -0.455 e. The summed E-state index contributed by atoms with van der Waals surface area (Å²) in [5.41, 5.74) is 12.3. The molecule has 53 heavy (non-hydrogen) atoms. The Labute approximate surface area is 310 Å². The van der Waals surface area contributed by atoms with Crippen molar-refractivity contribution in [1.82, 2.24) is 0 Å². The van der Waals surface area contributed by atoms with Crippen molar-refractivity contribution in [3.05, 3.63) is 169 Å². The second kappa shape index (κ2) is 10.4. The molecule has 0 saturated carbocycles. The Bertz CT molecular complexity index is 3320. The van der Waals surface area contributed by atoms with Crippen molar-refractivity contribution in [2.45, 2.75) is 19.3 Å². The maximum atomic E-state index is 6.89. The number of benzene rings is 9. The zero-order chi connectivity index (χ0) is 35.0. The summed E-state index contributed by atoms with van der Waals surface area (Å²) in [6.07, 6.45) is 0. The van der Waals surface area contributed by atoms with E-state index in [0.29, 0.717) is 0 Å². The third-order valence-electron chi connectivity index (χ3n) is 12.1. The number of hydrogen-bond donors (Lipinski definition) is 0. The van der Waals surface area contributed by atoms with Crippen molar-refractivity contribution in [1.29, 1.82) is 0 Å². The highest BCUT2D eigenvalue weighted by atomic mass is 32.1. The molecule has 0 radical (unpaired) electrons. The molecule has 0 bridgehead atoms. The van der Waals surface area contributed by atoms with Crippen molar-refractivity contribution in [3.63, 3.8) is 0 Å². The van der Waals surface area contributed by atoms with Crippen LogP contribution in [-0.2, 0) is 5.41 Å². The molecule has 1 aliphatic carbocycles. The average molecular weight is 693 g/mol. The average Bonchev–Trinajstić information content (AvgIpc) is 3.84. The predicted octanol–water partition coefficient (Wildman–Crippen LogP) is 15.1. The summed E-state index contributed by atoms with van der Waals surface area (Å²) >= 11 is 1.83. The van der Waals surface area contributed by atoms with Gasteiger partial charge >= 0.3 is 0 Å². The van der Waals surface area contributed by atoms with Crippen LogP contribution in [0.4, 0.5) is 0 Å². The zero-order valence-corrected chi connectivity index (χ0v) is 30.1. The summed E-state index contributed by atoms with van der Waals surface area (Å²) in [4.78, 5) is 0. The molecule has 1 nitrogen and oxygen atoms in total. The van der Waals surface area contributed by atoms with Gasteiger partial charge in [0.1, 0.15) is 5.58 Å². The van der Waals surface area contributed by atoms with E-state index in [1.807, 2.05) is 11.3 Å². The molecular formula is C51H32OS. The summed E-state index contributed by atoms with van der Waals surface area (Å²) in [5.74, 6) is 0. The van der Waals surface area contributed by atoms with E-state index in [0.717, 1.165) is 16.6 Å². The van der Waals surface area contributed by atoms with Gasteiger partial charge < -0.3 is 4.42 Å². The number of thiophene rings is 1. The highest BCUT2D eigenvalue weighted by Crippen LogP contribution is 2.52. The maximum absolute atomic E-state index is 6.89. The van der Waals surface area contributed by atoms with Crippen molar-refractivity contribution >= 4 is 85.8 Å². The van der Waals surface area contributed by atoms with Crippen LogP contribution in [-0.4, -0.2) is 0 Å². The van der Waals surface area contributed by atoms with E-state index < -0.39 is 0 Å². The van der Waals surface area contributed by atoms with Crippen LogP contribution in [0.1, 0.15) is 25.0 Å². The van der Waals surface area contributed by atoms with Gasteiger partial charge in [0.25, 0.3) is 0 Å². The number of furan rings is 1. The topological polar surface area (TPSA) is 13.1 Å². The predicted molar refractivity (Wildman–Crippen MR) is 228 cm³/mol. The highest BCUT2D eigenvalue weighted by Gasteiger charge is 2.35. The van der Waals surface area contributed by atoms with Crippen molar-refractivity contribution in [3.8, 4) is 33.4 Å². The molecule has 0 spiro atoms. The van der Waals surface area contributed by atoms with Crippen LogP contribution in [0, 0.1) is 0 Å². The van der Waals surface area contributed by atoms with E-state index in [-0.39, 0.29) is 5.41 Å². The molecule has 0 fully saturated rings. The molecule has 0 N–H and O–H groups in total. The fraction of sp³-hybridized carbons (Fsp3) is 0.0588. The zero-order valence-electron chi connectivity index (χ0n) is 29.3. The molecule has 1 aliphatic rings. The summed E-state index contributed by atoms with van der Waals surface area (Å²) in [5, 5.41) is 12.5. The quantitative estimate of drug-likeness (QED) is 0.164. The first kappa shape index (κ1) is 29.4. The minimum absolute atomic E-state index is 0.0648. The number of rotatable bonds is 2. The standard InChI is InChI=1S/C51H32OS/c1-51(2)42-18-10-9-13-33(42)34-22-19-30(27-43(34)51)46-36-14-5-7-16-38(36)47(39-17-8-6-15-37(39)46)31-20-23-35-40-24-25-41-48-32-12-4-3-11-29(32)21-26-45(48)53-50(41)49(40)52-44(35)28-31/h3-28H,1-2H3. The van der Waals surface area contributed by atoms with Crippen molar-refractivity contribution in [2.24, 2.45) is 0 Å². The summed E-state index contributed by atoms with van der Waals surface area (Å²) in [7, 11) is 0. The van der Waals surface area contributed by atoms with Gasteiger partial charge in [0.2, 0.25) is 0 Å². The summed E-state index contributed by atoms with van der Waals surface area (Å²) in [6.45, 7) is 4.73. The van der Waals surface area contributed by atoms with Crippen LogP contribution >= 0.6 is 11.3 Å². The first-order valence-electron chi connectivity index (χ1n) is 18.4. The SMILES string of the molecule is CC1(C)c2ccccc2-c2ccc(-c3c4ccccc4c(-c4ccc5c(c4)oc4c5ccc5c4sc4ccc6ccccc6c45)c4ccccc34)cc21. The molecule has 2 heterocycles. The normalized spacial score (nSPS) is 13.6. The molecule has 0 aliphatic heterocycles. The Balaban J connectivity index is 1.08. The van der Waals surface area contributed by atoms with Gasteiger partial charge in [-0.15, -0.1) is 11.3 Å². The molecule has 9 aromatic carbocycles. The lowest BCUT2D eigenvalue weighted by Gasteiger charge is -2.23. The molecule has 12 rings (SSSR count). The first-order chi connectivity index (χ1) is 26.0. The highest BCUT2D eigenvalue weighted by molar-refractivity contribution is 7.26. The number of hydrogen-bond acceptors (Lipinski definition) is 2. The van der Waals surface area contributed by atoms with Crippen LogP contribution in [0.5, 0.6) is 0 Å². The van der Waals surface area contributed by atoms with Gasteiger partial charge in [0.15, 0.2) is 5.58 Å². The van der Waals surface area contributed by atoms with Gasteiger partial charge in [-0.2, -0.15) is 0 Å². The summed E-state index contributed by atoms with van der Waals surface area (Å²) < 4.78 is 9.39. The Morgan fingerprint density at radius 3 is 1.79 bits per heavy atom. The van der Waals surface area contributed by atoms with Gasteiger partial charge in [-0.1, -0.05) is 141 Å². The molecule has 2 heteroatoms. The van der Waals surface area contributed by atoms with Gasteiger partial charge in [0.05, 0.1) is 4.70 Å². The van der Waals surface area contributed by atoms with Crippen LogP contribution in [0.15, 0.2) is 162 Å².